The number of benzene rings is 1. The van der Waals surface area contributed by atoms with Crippen molar-refractivity contribution in [2.24, 2.45) is 0 Å². The van der Waals surface area contributed by atoms with Gasteiger partial charge in [0, 0.05) is 55.0 Å². The van der Waals surface area contributed by atoms with Crippen molar-refractivity contribution < 1.29 is 4.79 Å². The van der Waals surface area contributed by atoms with Crippen LogP contribution in [0.25, 0.3) is 0 Å². The molecule has 1 saturated heterocycles. The molecule has 0 unspecified atom stereocenters. The lowest BCUT2D eigenvalue weighted by atomic mass is 10.3. The van der Waals surface area contributed by atoms with Crippen LogP contribution in [-0.2, 0) is 4.79 Å². The zero-order valence-corrected chi connectivity index (χ0v) is 15.4. The van der Waals surface area contributed by atoms with E-state index in [1.54, 1.807) is 6.92 Å². The van der Waals surface area contributed by atoms with Crippen LogP contribution in [0.15, 0.2) is 34.8 Å². The van der Waals surface area contributed by atoms with Gasteiger partial charge in [-0.25, -0.2) is 4.98 Å². The van der Waals surface area contributed by atoms with Crippen molar-refractivity contribution in [2.75, 3.05) is 36.4 Å². The monoisotopic (exact) mass is 389 g/mol. The average molecular weight is 390 g/mol. The minimum absolute atomic E-state index is 0.122. The second-order valence-electron chi connectivity index (χ2n) is 5.82. The van der Waals surface area contributed by atoms with Crippen molar-refractivity contribution in [1.29, 1.82) is 0 Å². The quantitative estimate of drug-likeness (QED) is 0.873. The molecule has 0 spiro atoms. The Morgan fingerprint density at radius 2 is 1.92 bits per heavy atom. The summed E-state index contributed by atoms with van der Waals surface area (Å²) in [5, 5.41) is 3.32. The molecule has 24 heavy (non-hydrogen) atoms. The first-order valence-corrected chi connectivity index (χ1v) is 8.69. The van der Waals surface area contributed by atoms with Gasteiger partial charge in [0.2, 0.25) is 11.9 Å². The summed E-state index contributed by atoms with van der Waals surface area (Å²) in [5.41, 5.74) is 1.88. The van der Waals surface area contributed by atoms with E-state index in [2.05, 4.69) is 36.1 Å². The smallest absolute Gasteiger partial charge is 0.227 e. The minimum Gasteiger partial charge on any atom is -0.340 e. The highest BCUT2D eigenvalue weighted by molar-refractivity contribution is 9.10. The molecule has 0 radical (unpaired) electrons. The molecule has 2 heterocycles. The molecule has 0 bridgehead atoms. The summed E-state index contributed by atoms with van der Waals surface area (Å²) in [5.74, 6) is 1.59. The number of anilines is 3. The van der Waals surface area contributed by atoms with E-state index in [0.717, 1.165) is 34.8 Å². The first-order chi connectivity index (χ1) is 11.5. The van der Waals surface area contributed by atoms with Gasteiger partial charge in [0.1, 0.15) is 5.82 Å². The van der Waals surface area contributed by atoms with Crippen molar-refractivity contribution >= 4 is 39.3 Å². The van der Waals surface area contributed by atoms with Gasteiger partial charge in [0.05, 0.1) is 0 Å². The summed E-state index contributed by atoms with van der Waals surface area (Å²) < 4.78 is 1.01. The summed E-state index contributed by atoms with van der Waals surface area (Å²) >= 11 is 3.47. The second-order valence-corrected chi connectivity index (χ2v) is 6.74. The van der Waals surface area contributed by atoms with Gasteiger partial charge in [-0.3, -0.25) is 4.79 Å². The van der Waals surface area contributed by atoms with E-state index in [-0.39, 0.29) is 5.91 Å². The van der Waals surface area contributed by atoms with Crippen LogP contribution in [0, 0.1) is 6.92 Å². The normalized spacial score (nSPS) is 14.6. The van der Waals surface area contributed by atoms with E-state index in [1.165, 1.54) is 0 Å². The van der Waals surface area contributed by atoms with Crippen molar-refractivity contribution in [3.63, 3.8) is 0 Å². The molecule has 1 aromatic heterocycles. The molecule has 1 aromatic carbocycles. The number of carbonyl (C=O) groups is 1. The number of halogens is 1. The van der Waals surface area contributed by atoms with Gasteiger partial charge in [-0.05, 0) is 25.1 Å². The van der Waals surface area contributed by atoms with Crippen LogP contribution >= 0.6 is 15.9 Å². The molecule has 6 nitrogen and oxygen atoms in total. The van der Waals surface area contributed by atoms with Gasteiger partial charge < -0.3 is 15.1 Å². The fourth-order valence-corrected chi connectivity index (χ4v) is 3.09. The molecule has 0 saturated carbocycles. The number of nitrogens with zero attached hydrogens (tertiary/aromatic N) is 4. The Morgan fingerprint density at radius 3 is 2.58 bits per heavy atom. The molecule has 3 rings (SSSR count). The SMILES string of the molecule is CC(=O)N1CCN(c2nc(C)cc(Nc3cccc(Br)c3)n2)CC1. The predicted molar refractivity (Wildman–Crippen MR) is 98.7 cm³/mol. The summed E-state index contributed by atoms with van der Waals surface area (Å²) in [6, 6.07) is 9.88. The maximum atomic E-state index is 11.4. The summed E-state index contributed by atoms with van der Waals surface area (Å²) in [6.07, 6.45) is 0. The maximum absolute atomic E-state index is 11.4. The number of aryl methyl sites for hydroxylation is 1. The Labute approximate surface area is 150 Å². The number of piperazine rings is 1. The third-order valence-electron chi connectivity index (χ3n) is 3.95. The van der Waals surface area contributed by atoms with Gasteiger partial charge in [-0.15, -0.1) is 0 Å². The van der Waals surface area contributed by atoms with E-state index >= 15 is 0 Å². The number of carbonyl (C=O) groups excluding carboxylic acids is 1. The lowest BCUT2D eigenvalue weighted by molar-refractivity contribution is -0.129. The molecule has 126 valence electrons. The van der Waals surface area contributed by atoms with E-state index < -0.39 is 0 Å². The molecule has 1 amide bonds. The molecular weight excluding hydrogens is 370 g/mol. The van der Waals surface area contributed by atoms with E-state index in [1.807, 2.05) is 42.2 Å². The van der Waals surface area contributed by atoms with Gasteiger partial charge in [0.25, 0.3) is 0 Å². The molecule has 0 atom stereocenters. The number of aromatic nitrogens is 2. The van der Waals surface area contributed by atoms with Crippen LogP contribution in [0.2, 0.25) is 0 Å². The number of hydrogen-bond acceptors (Lipinski definition) is 5. The number of rotatable bonds is 3. The summed E-state index contributed by atoms with van der Waals surface area (Å²) in [7, 11) is 0. The first-order valence-electron chi connectivity index (χ1n) is 7.90. The Bertz CT molecular complexity index is 744. The number of nitrogens with one attached hydrogen (secondary N) is 1. The molecule has 7 heteroatoms. The third-order valence-corrected chi connectivity index (χ3v) is 4.44. The van der Waals surface area contributed by atoms with Crippen LogP contribution in [-0.4, -0.2) is 47.0 Å². The van der Waals surface area contributed by atoms with E-state index in [9.17, 15) is 4.79 Å². The van der Waals surface area contributed by atoms with Crippen LogP contribution in [0.4, 0.5) is 17.5 Å². The fourth-order valence-electron chi connectivity index (χ4n) is 2.69. The molecule has 1 aliphatic rings. The largest absolute Gasteiger partial charge is 0.340 e. The van der Waals surface area contributed by atoms with Gasteiger partial charge in [-0.2, -0.15) is 4.98 Å². The summed E-state index contributed by atoms with van der Waals surface area (Å²) in [4.78, 5) is 24.6. The molecule has 1 aliphatic heterocycles. The molecule has 1 N–H and O–H groups in total. The third kappa shape index (κ3) is 4.03. The van der Waals surface area contributed by atoms with Gasteiger partial charge in [0.15, 0.2) is 0 Å². The molecular formula is C17H20BrN5O. The number of hydrogen-bond donors (Lipinski definition) is 1. The zero-order chi connectivity index (χ0) is 17.1. The van der Waals surface area contributed by atoms with Gasteiger partial charge in [-0.1, -0.05) is 22.0 Å². The fraction of sp³-hybridized carbons (Fsp3) is 0.353. The topological polar surface area (TPSA) is 61.4 Å². The summed E-state index contributed by atoms with van der Waals surface area (Å²) in [6.45, 7) is 6.49. The minimum atomic E-state index is 0.122. The highest BCUT2D eigenvalue weighted by Crippen LogP contribution is 2.22. The van der Waals surface area contributed by atoms with Crippen LogP contribution < -0.4 is 10.2 Å². The van der Waals surface area contributed by atoms with Crippen molar-refractivity contribution in [3.05, 3.63) is 40.5 Å². The predicted octanol–water partition coefficient (Wildman–Crippen LogP) is 2.96. The lowest BCUT2D eigenvalue weighted by Gasteiger charge is -2.34. The van der Waals surface area contributed by atoms with E-state index in [0.29, 0.717) is 19.0 Å². The first kappa shape index (κ1) is 16.7. The van der Waals surface area contributed by atoms with Gasteiger partial charge >= 0.3 is 0 Å². The molecule has 0 aliphatic carbocycles. The van der Waals surface area contributed by atoms with Crippen LogP contribution in [0.5, 0.6) is 0 Å². The highest BCUT2D eigenvalue weighted by atomic mass is 79.9. The van der Waals surface area contributed by atoms with Crippen molar-refractivity contribution in [1.82, 2.24) is 14.9 Å². The van der Waals surface area contributed by atoms with Crippen molar-refractivity contribution in [3.8, 4) is 0 Å². The zero-order valence-electron chi connectivity index (χ0n) is 13.8. The number of amides is 1. The standard InChI is InChI=1S/C17H20BrN5O/c1-12-10-16(20-15-5-3-4-14(18)11-15)21-17(19-12)23-8-6-22(7-9-23)13(2)24/h3-5,10-11H,6-9H2,1-2H3,(H,19,20,21). The Balaban J connectivity index is 1.76. The lowest BCUT2D eigenvalue weighted by Crippen LogP contribution is -2.48. The second kappa shape index (κ2) is 7.17. The Kier molecular flexibility index (Phi) is 4.99. The van der Waals surface area contributed by atoms with Crippen LogP contribution in [0.3, 0.4) is 0 Å². The molecule has 2 aromatic rings. The highest BCUT2D eigenvalue weighted by Gasteiger charge is 2.21. The molecule has 1 fully saturated rings. The Hall–Kier alpha value is -2.15. The van der Waals surface area contributed by atoms with Crippen LogP contribution in [0.1, 0.15) is 12.6 Å². The van der Waals surface area contributed by atoms with Crippen molar-refractivity contribution in [2.45, 2.75) is 13.8 Å². The van der Waals surface area contributed by atoms with E-state index in [4.69, 9.17) is 0 Å². The Morgan fingerprint density at radius 1 is 1.17 bits per heavy atom. The maximum Gasteiger partial charge on any atom is 0.227 e. The average Bonchev–Trinajstić information content (AvgIpc) is 2.54.